The van der Waals surface area contributed by atoms with Crippen molar-refractivity contribution in [2.24, 2.45) is 0 Å². The minimum absolute atomic E-state index is 0.0826. The van der Waals surface area contributed by atoms with E-state index in [0.29, 0.717) is 18.2 Å². The van der Waals surface area contributed by atoms with Crippen LogP contribution in [0.1, 0.15) is 34.3 Å². The molecule has 0 saturated heterocycles. The smallest absolute Gasteiger partial charge is 0.416 e. The van der Waals surface area contributed by atoms with Crippen molar-refractivity contribution in [3.63, 3.8) is 0 Å². The first-order valence-corrected chi connectivity index (χ1v) is 7.80. The summed E-state index contributed by atoms with van der Waals surface area (Å²) in [5.74, 6) is -1.41. The summed E-state index contributed by atoms with van der Waals surface area (Å²) >= 11 is 5.78. The molecule has 0 radical (unpaired) electrons. The fraction of sp³-hybridized carbons (Fsp3) is 0.312. The van der Waals surface area contributed by atoms with Crippen LogP contribution in [0.3, 0.4) is 0 Å². The van der Waals surface area contributed by atoms with Gasteiger partial charge in [-0.05, 0) is 31.5 Å². The molecule has 1 heterocycles. The molecule has 0 aliphatic rings. The van der Waals surface area contributed by atoms with Crippen molar-refractivity contribution < 1.29 is 32.0 Å². The van der Waals surface area contributed by atoms with Gasteiger partial charge >= 0.3 is 12.1 Å². The Morgan fingerprint density at radius 2 is 2.04 bits per heavy atom. The minimum atomic E-state index is -4.58. The summed E-state index contributed by atoms with van der Waals surface area (Å²) in [5.41, 5.74) is -0.703. The second kappa shape index (κ2) is 7.77. The molecule has 0 aliphatic carbocycles. The van der Waals surface area contributed by atoms with Crippen molar-refractivity contribution in [2.45, 2.75) is 26.4 Å². The van der Waals surface area contributed by atoms with E-state index >= 15 is 0 Å². The zero-order chi connectivity index (χ0) is 19.5. The molecular weight excluding hydrogens is 377 g/mol. The number of halogens is 4. The molecule has 0 fully saturated rings. The van der Waals surface area contributed by atoms with Gasteiger partial charge in [-0.1, -0.05) is 23.7 Å². The van der Waals surface area contributed by atoms with E-state index < -0.39 is 30.2 Å². The van der Waals surface area contributed by atoms with Gasteiger partial charge in [-0.2, -0.15) is 13.2 Å². The molecule has 0 bridgehead atoms. The highest BCUT2D eigenvalue weighted by Gasteiger charge is 2.31. The number of carbonyl (C=O) groups is 2. The lowest BCUT2D eigenvalue weighted by atomic mass is 10.1. The number of ether oxygens (including phenoxy) is 1. The Balaban J connectivity index is 2.03. The number of hydrogen-bond donors (Lipinski definition) is 1. The van der Waals surface area contributed by atoms with Gasteiger partial charge in [0.2, 0.25) is 0 Å². The van der Waals surface area contributed by atoms with Crippen LogP contribution in [0.25, 0.3) is 0 Å². The van der Waals surface area contributed by atoms with Crippen LogP contribution >= 0.6 is 11.6 Å². The van der Waals surface area contributed by atoms with Crippen molar-refractivity contribution in [2.75, 3.05) is 11.9 Å². The van der Waals surface area contributed by atoms with Crippen LogP contribution < -0.4 is 5.32 Å². The monoisotopic (exact) mass is 390 g/mol. The molecule has 2 rings (SSSR count). The molecule has 1 N–H and O–H groups in total. The molecule has 140 valence electrons. The second-order valence-electron chi connectivity index (χ2n) is 5.23. The average Bonchev–Trinajstić information content (AvgIpc) is 2.94. The van der Waals surface area contributed by atoms with Crippen LogP contribution in [-0.4, -0.2) is 23.6 Å². The largest absolute Gasteiger partial charge is 0.452 e. The molecule has 0 aliphatic heterocycles. The molecule has 26 heavy (non-hydrogen) atoms. The molecule has 1 aromatic heterocycles. The Morgan fingerprint density at radius 1 is 1.35 bits per heavy atom. The highest BCUT2D eigenvalue weighted by atomic mass is 35.5. The Labute approximate surface area is 151 Å². The lowest BCUT2D eigenvalue weighted by Gasteiger charge is -2.11. The number of aromatic nitrogens is 1. The van der Waals surface area contributed by atoms with Gasteiger partial charge in [0, 0.05) is 0 Å². The third-order valence-corrected chi connectivity index (χ3v) is 3.70. The lowest BCUT2D eigenvalue weighted by molar-refractivity contribution is -0.137. The zero-order valence-corrected chi connectivity index (χ0v) is 14.5. The van der Waals surface area contributed by atoms with Crippen LogP contribution in [0.4, 0.5) is 18.9 Å². The number of alkyl halides is 3. The lowest BCUT2D eigenvalue weighted by Crippen LogP contribution is -2.22. The fourth-order valence-corrected chi connectivity index (χ4v) is 2.27. The summed E-state index contributed by atoms with van der Waals surface area (Å²) in [6.07, 6.45) is -4.16. The Bertz CT molecular complexity index is 833. The molecule has 6 nitrogen and oxygen atoms in total. The number of nitrogens with zero attached hydrogens (tertiary/aromatic N) is 1. The second-order valence-corrected chi connectivity index (χ2v) is 5.64. The van der Waals surface area contributed by atoms with Crippen molar-refractivity contribution in [3.8, 4) is 0 Å². The van der Waals surface area contributed by atoms with Gasteiger partial charge in [0.05, 0.1) is 22.0 Å². The van der Waals surface area contributed by atoms with Crippen LogP contribution in [0.2, 0.25) is 5.02 Å². The number of hydrogen-bond acceptors (Lipinski definition) is 5. The first kappa shape index (κ1) is 19.8. The SMILES string of the molecule is CCc1noc(C)c1C(=O)OCC(=O)Nc1cc(C(F)(F)F)ccc1Cl. The van der Waals surface area contributed by atoms with Gasteiger partial charge < -0.3 is 14.6 Å². The Morgan fingerprint density at radius 3 is 2.65 bits per heavy atom. The van der Waals surface area contributed by atoms with Crippen molar-refractivity contribution in [1.82, 2.24) is 5.16 Å². The zero-order valence-electron chi connectivity index (χ0n) is 13.7. The van der Waals surface area contributed by atoms with E-state index in [1.165, 1.54) is 6.92 Å². The summed E-state index contributed by atoms with van der Waals surface area (Å²) in [5, 5.41) is 5.79. The molecule has 0 spiro atoms. The van der Waals surface area contributed by atoms with Gasteiger partial charge in [0.15, 0.2) is 6.61 Å². The van der Waals surface area contributed by atoms with Gasteiger partial charge in [-0.3, -0.25) is 4.79 Å². The normalized spacial score (nSPS) is 11.3. The average molecular weight is 391 g/mol. The van der Waals surface area contributed by atoms with Crippen LogP contribution in [0, 0.1) is 6.92 Å². The van der Waals surface area contributed by atoms with Crippen molar-refractivity contribution in [1.29, 1.82) is 0 Å². The maximum absolute atomic E-state index is 12.7. The minimum Gasteiger partial charge on any atom is -0.452 e. The van der Waals surface area contributed by atoms with E-state index in [4.69, 9.17) is 20.9 Å². The molecule has 0 atom stereocenters. The number of esters is 1. The van der Waals surface area contributed by atoms with Gasteiger partial charge in [-0.25, -0.2) is 4.79 Å². The summed E-state index contributed by atoms with van der Waals surface area (Å²) in [6.45, 7) is 2.57. The van der Waals surface area contributed by atoms with E-state index in [1.807, 2.05) is 0 Å². The Kier molecular flexibility index (Phi) is 5.91. The van der Waals surface area contributed by atoms with E-state index in [1.54, 1.807) is 6.92 Å². The molecule has 2 aromatic rings. The number of benzene rings is 1. The summed E-state index contributed by atoms with van der Waals surface area (Å²) in [6, 6.07) is 2.50. The van der Waals surface area contributed by atoms with Crippen molar-refractivity contribution in [3.05, 3.63) is 45.8 Å². The standard InChI is InChI=1S/C16H14ClF3N2O4/c1-3-11-14(8(2)26-22-11)15(24)25-7-13(23)21-12-6-9(16(18,19)20)4-5-10(12)17/h4-6H,3,7H2,1-2H3,(H,21,23). The molecular formula is C16H14ClF3N2O4. The molecule has 1 amide bonds. The van der Waals surface area contributed by atoms with E-state index in [2.05, 4.69) is 10.5 Å². The maximum atomic E-state index is 12.7. The predicted molar refractivity (Wildman–Crippen MR) is 86.0 cm³/mol. The van der Waals surface area contributed by atoms with E-state index in [0.717, 1.165) is 12.1 Å². The van der Waals surface area contributed by atoms with E-state index in [-0.39, 0.29) is 22.0 Å². The first-order valence-electron chi connectivity index (χ1n) is 7.42. The third kappa shape index (κ3) is 4.54. The molecule has 0 saturated carbocycles. The Hall–Kier alpha value is -2.55. The summed E-state index contributed by atoms with van der Waals surface area (Å²) in [4.78, 5) is 23.9. The number of aryl methyl sites for hydroxylation is 2. The number of rotatable bonds is 5. The molecule has 10 heteroatoms. The molecule has 1 aromatic carbocycles. The summed E-state index contributed by atoms with van der Waals surface area (Å²) < 4.78 is 47.9. The third-order valence-electron chi connectivity index (χ3n) is 3.37. The molecule has 0 unspecified atom stereocenters. The fourth-order valence-electron chi connectivity index (χ4n) is 2.11. The van der Waals surface area contributed by atoms with E-state index in [9.17, 15) is 22.8 Å². The number of carbonyl (C=O) groups excluding carboxylic acids is 2. The highest BCUT2D eigenvalue weighted by Crippen LogP contribution is 2.33. The number of nitrogens with one attached hydrogen (secondary N) is 1. The maximum Gasteiger partial charge on any atom is 0.416 e. The predicted octanol–water partition coefficient (Wildman–Crippen LogP) is 4.01. The number of amides is 1. The van der Waals surface area contributed by atoms with Crippen molar-refractivity contribution >= 4 is 29.2 Å². The first-order chi connectivity index (χ1) is 12.1. The van der Waals surface area contributed by atoms with Gasteiger partial charge in [-0.15, -0.1) is 0 Å². The quantitative estimate of drug-likeness (QED) is 0.780. The van der Waals surface area contributed by atoms with Gasteiger partial charge in [0.25, 0.3) is 5.91 Å². The highest BCUT2D eigenvalue weighted by molar-refractivity contribution is 6.33. The van der Waals surface area contributed by atoms with Gasteiger partial charge in [0.1, 0.15) is 11.3 Å². The van der Waals surface area contributed by atoms with Crippen LogP contribution in [-0.2, 0) is 22.1 Å². The van der Waals surface area contributed by atoms with Crippen LogP contribution in [0.5, 0.6) is 0 Å². The number of anilines is 1. The summed E-state index contributed by atoms with van der Waals surface area (Å²) in [7, 11) is 0. The van der Waals surface area contributed by atoms with Crippen LogP contribution in [0.15, 0.2) is 22.7 Å². The topological polar surface area (TPSA) is 81.4 Å².